The molecule has 22 heavy (non-hydrogen) atoms. The van der Waals surface area contributed by atoms with Crippen molar-refractivity contribution in [1.82, 2.24) is 4.98 Å². The lowest BCUT2D eigenvalue weighted by atomic mass is 10.1. The fraction of sp³-hybridized carbons (Fsp3) is 0.235. The first-order chi connectivity index (χ1) is 10.6. The average Bonchev–Trinajstić information content (AvgIpc) is 2.54. The predicted octanol–water partition coefficient (Wildman–Crippen LogP) is 3.37. The van der Waals surface area contributed by atoms with E-state index in [1.807, 2.05) is 6.07 Å². The largest absolute Gasteiger partial charge is 0.478 e. The summed E-state index contributed by atoms with van der Waals surface area (Å²) in [7, 11) is 0. The monoisotopic (exact) mass is 298 g/mol. The van der Waals surface area contributed by atoms with Crippen LogP contribution in [0.3, 0.4) is 0 Å². The van der Waals surface area contributed by atoms with Gasteiger partial charge in [-0.05, 0) is 48.7 Å². The average molecular weight is 298 g/mol. The van der Waals surface area contributed by atoms with Crippen LogP contribution in [0.4, 0.5) is 5.69 Å². The maximum atomic E-state index is 12.1. The molecule has 2 aromatic rings. The van der Waals surface area contributed by atoms with E-state index in [-0.39, 0.29) is 11.5 Å². The number of nitrogens with zero attached hydrogens (tertiary/aromatic N) is 1. The number of aryl methyl sites for hydroxylation is 1. The highest BCUT2D eigenvalue weighted by molar-refractivity contribution is 6.03. The molecule has 0 aliphatic heterocycles. The number of carboxylic acid groups (broad SMARTS) is 1. The van der Waals surface area contributed by atoms with Crippen molar-refractivity contribution in [2.75, 3.05) is 5.32 Å². The molecule has 5 heteroatoms. The number of carbonyl (C=O) groups excluding carboxylic acids is 1. The molecule has 5 nitrogen and oxygen atoms in total. The Hall–Kier alpha value is -2.69. The van der Waals surface area contributed by atoms with E-state index in [2.05, 4.69) is 17.2 Å². The van der Waals surface area contributed by atoms with Gasteiger partial charge in [0.15, 0.2) is 0 Å². The number of carboxylic acids is 1. The van der Waals surface area contributed by atoms with Gasteiger partial charge in [-0.2, -0.15) is 0 Å². The first-order valence-corrected chi connectivity index (χ1v) is 7.20. The summed E-state index contributed by atoms with van der Waals surface area (Å²) >= 11 is 0. The van der Waals surface area contributed by atoms with Gasteiger partial charge in [0, 0.05) is 11.9 Å². The Labute approximate surface area is 129 Å². The maximum Gasteiger partial charge on any atom is 0.335 e. The second-order valence-corrected chi connectivity index (χ2v) is 4.99. The molecule has 1 aromatic carbocycles. The maximum absolute atomic E-state index is 12.1. The van der Waals surface area contributed by atoms with Crippen molar-refractivity contribution in [3.05, 3.63) is 59.4 Å². The molecule has 1 aromatic heterocycles. The summed E-state index contributed by atoms with van der Waals surface area (Å²) in [6, 6.07) is 9.60. The molecule has 2 N–H and O–H groups in total. The molecule has 0 saturated heterocycles. The second-order valence-electron chi connectivity index (χ2n) is 4.99. The molecular weight excluding hydrogens is 280 g/mol. The molecule has 0 saturated carbocycles. The molecule has 0 unspecified atom stereocenters. The Morgan fingerprint density at radius 3 is 2.41 bits per heavy atom. The topological polar surface area (TPSA) is 79.3 Å². The van der Waals surface area contributed by atoms with Crippen LogP contribution < -0.4 is 5.32 Å². The molecule has 0 bridgehead atoms. The molecule has 0 atom stereocenters. The van der Waals surface area contributed by atoms with Crippen molar-refractivity contribution in [3.8, 4) is 0 Å². The molecular formula is C17H18N2O3. The zero-order valence-corrected chi connectivity index (χ0v) is 12.4. The third-order valence-corrected chi connectivity index (χ3v) is 3.27. The molecule has 0 aliphatic rings. The van der Waals surface area contributed by atoms with E-state index >= 15 is 0 Å². The van der Waals surface area contributed by atoms with Crippen LogP contribution in [0.1, 0.15) is 46.2 Å². The standard InChI is InChI=1S/C17H18N2O3/c1-2-3-4-12-5-10-15(18-11-12)16(20)19-14-8-6-13(7-9-14)17(21)22/h5-11H,2-4H2,1H3,(H,19,20)(H,21,22). The zero-order valence-electron chi connectivity index (χ0n) is 12.4. The number of hydrogen-bond donors (Lipinski definition) is 2. The number of unbranched alkanes of at least 4 members (excludes halogenated alkanes) is 1. The minimum Gasteiger partial charge on any atom is -0.478 e. The van der Waals surface area contributed by atoms with E-state index in [9.17, 15) is 9.59 Å². The van der Waals surface area contributed by atoms with Crippen molar-refractivity contribution < 1.29 is 14.7 Å². The van der Waals surface area contributed by atoms with Gasteiger partial charge in [0.1, 0.15) is 5.69 Å². The molecule has 2 rings (SSSR count). The highest BCUT2D eigenvalue weighted by Gasteiger charge is 2.08. The van der Waals surface area contributed by atoms with E-state index in [1.54, 1.807) is 24.4 Å². The van der Waals surface area contributed by atoms with E-state index in [0.29, 0.717) is 11.4 Å². The Morgan fingerprint density at radius 2 is 1.86 bits per heavy atom. The van der Waals surface area contributed by atoms with Gasteiger partial charge in [-0.15, -0.1) is 0 Å². The summed E-state index contributed by atoms with van der Waals surface area (Å²) in [5, 5.41) is 11.5. The molecule has 1 heterocycles. The number of hydrogen-bond acceptors (Lipinski definition) is 3. The van der Waals surface area contributed by atoms with E-state index < -0.39 is 5.97 Å². The SMILES string of the molecule is CCCCc1ccc(C(=O)Nc2ccc(C(=O)O)cc2)nc1. The van der Waals surface area contributed by atoms with Crippen LogP contribution in [0.2, 0.25) is 0 Å². The van der Waals surface area contributed by atoms with Gasteiger partial charge >= 0.3 is 5.97 Å². The van der Waals surface area contributed by atoms with Crippen molar-refractivity contribution >= 4 is 17.6 Å². The minimum atomic E-state index is -0.998. The predicted molar refractivity (Wildman–Crippen MR) is 84.2 cm³/mol. The fourth-order valence-electron chi connectivity index (χ4n) is 1.98. The number of pyridine rings is 1. The molecule has 114 valence electrons. The van der Waals surface area contributed by atoms with Crippen LogP contribution in [-0.2, 0) is 6.42 Å². The number of aromatic carboxylic acids is 1. The van der Waals surface area contributed by atoms with Crippen molar-refractivity contribution in [2.24, 2.45) is 0 Å². The Kier molecular flexibility index (Phi) is 5.25. The molecule has 0 spiro atoms. The summed E-state index contributed by atoms with van der Waals surface area (Å²) in [6.45, 7) is 2.13. The Balaban J connectivity index is 2.00. The van der Waals surface area contributed by atoms with Gasteiger partial charge < -0.3 is 10.4 Å². The summed E-state index contributed by atoms with van der Waals surface area (Å²) in [6.07, 6.45) is 4.90. The second kappa shape index (κ2) is 7.36. The third kappa shape index (κ3) is 4.15. The smallest absolute Gasteiger partial charge is 0.335 e. The Morgan fingerprint density at radius 1 is 1.14 bits per heavy atom. The van der Waals surface area contributed by atoms with Gasteiger partial charge in [0.05, 0.1) is 5.56 Å². The first kappa shape index (κ1) is 15.7. The number of aromatic nitrogens is 1. The van der Waals surface area contributed by atoms with Crippen LogP contribution in [0.25, 0.3) is 0 Å². The van der Waals surface area contributed by atoms with Crippen LogP contribution in [0, 0.1) is 0 Å². The van der Waals surface area contributed by atoms with Crippen LogP contribution in [0.5, 0.6) is 0 Å². The third-order valence-electron chi connectivity index (χ3n) is 3.27. The molecule has 0 radical (unpaired) electrons. The van der Waals surface area contributed by atoms with Gasteiger partial charge in [0.2, 0.25) is 0 Å². The zero-order chi connectivity index (χ0) is 15.9. The number of rotatable bonds is 6. The van der Waals surface area contributed by atoms with Crippen LogP contribution in [-0.4, -0.2) is 22.0 Å². The minimum absolute atomic E-state index is 0.177. The van der Waals surface area contributed by atoms with Crippen molar-refractivity contribution in [1.29, 1.82) is 0 Å². The summed E-state index contributed by atoms with van der Waals surface area (Å²) in [5.41, 5.74) is 2.16. The van der Waals surface area contributed by atoms with E-state index in [0.717, 1.165) is 24.8 Å². The normalized spacial score (nSPS) is 10.2. The van der Waals surface area contributed by atoms with E-state index in [4.69, 9.17) is 5.11 Å². The van der Waals surface area contributed by atoms with Crippen LogP contribution >= 0.6 is 0 Å². The van der Waals surface area contributed by atoms with Crippen molar-refractivity contribution in [2.45, 2.75) is 26.2 Å². The number of anilines is 1. The Bertz CT molecular complexity index is 649. The lowest BCUT2D eigenvalue weighted by molar-refractivity contribution is 0.0696. The van der Waals surface area contributed by atoms with Gasteiger partial charge in [-0.25, -0.2) is 4.79 Å². The van der Waals surface area contributed by atoms with E-state index in [1.165, 1.54) is 12.1 Å². The molecule has 1 amide bonds. The number of carbonyl (C=O) groups is 2. The first-order valence-electron chi connectivity index (χ1n) is 7.20. The number of amides is 1. The number of benzene rings is 1. The highest BCUT2D eigenvalue weighted by atomic mass is 16.4. The lowest BCUT2D eigenvalue weighted by Gasteiger charge is -2.06. The quantitative estimate of drug-likeness (QED) is 0.857. The lowest BCUT2D eigenvalue weighted by Crippen LogP contribution is -2.13. The van der Waals surface area contributed by atoms with Gasteiger partial charge in [-0.1, -0.05) is 19.4 Å². The summed E-state index contributed by atoms with van der Waals surface area (Å²) < 4.78 is 0. The van der Waals surface area contributed by atoms with Crippen molar-refractivity contribution in [3.63, 3.8) is 0 Å². The number of nitrogens with one attached hydrogen (secondary N) is 1. The van der Waals surface area contributed by atoms with Gasteiger partial charge in [0.25, 0.3) is 5.91 Å². The van der Waals surface area contributed by atoms with Crippen LogP contribution in [0.15, 0.2) is 42.6 Å². The fourth-order valence-corrected chi connectivity index (χ4v) is 1.98. The molecule has 0 fully saturated rings. The highest BCUT2D eigenvalue weighted by Crippen LogP contribution is 2.11. The summed E-state index contributed by atoms with van der Waals surface area (Å²) in [4.78, 5) is 27.0. The van der Waals surface area contributed by atoms with Gasteiger partial charge in [-0.3, -0.25) is 9.78 Å². The summed E-state index contributed by atoms with van der Waals surface area (Å²) in [5.74, 6) is -1.31. The molecule has 0 aliphatic carbocycles.